The van der Waals surface area contributed by atoms with Crippen LogP contribution < -0.4 is 15.0 Å². The van der Waals surface area contributed by atoms with Crippen LogP contribution in [-0.4, -0.2) is 35.7 Å². The van der Waals surface area contributed by atoms with Crippen LogP contribution in [0.5, 0.6) is 5.75 Å². The van der Waals surface area contributed by atoms with Gasteiger partial charge in [-0.2, -0.15) is 0 Å². The number of hydrogen-bond donors (Lipinski definition) is 1. The van der Waals surface area contributed by atoms with Crippen molar-refractivity contribution in [2.75, 3.05) is 23.9 Å². The summed E-state index contributed by atoms with van der Waals surface area (Å²) in [5.74, 6) is 0.513. The summed E-state index contributed by atoms with van der Waals surface area (Å²) in [6.07, 6.45) is 0.366. The molecule has 7 nitrogen and oxygen atoms in total. The molecule has 1 saturated heterocycles. The maximum atomic E-state index is 12.5. The van der Waals surface area contributed by atoms with Gasteiger partial charge in [-0.3, -0.25) is 14.9 Å². The summed E-state index contributed by atoms with van der Waals surface area (Å²) in [4.78, 5) is 26.7. The molecule has 1 N–H and O–H groups in total. The van der Waals surface area contributed by atoms with Crippen molar-refractivity contribution in [3.63, 3.8) is 0 Å². The average molecular weight is 520 g/mol. The Morgan fingerprint density at radius 2 is 1.97 bits per heavy atom. The SMILES string of the molecule is COc1ccc(N2CC(c3nnc(NC(=O)c4ccccc4I)s3)CC2=O)cc1. The lowest BCUT2D eigenvalue weighted by molar-refractivity contribution is -0.117. The molecule has 2 aromatic carbocycles. The first-order valence-electron chi connectivity index (χ1n) is 8.89. The van der Waals surface area contributed by atoms with Crippen molar-refractivity contribution in [1.82, 2.24) is 10.2 Å². The number of aromatic nitrogens is 2. The number of hydrogen-bond acceptors (Lipinski definition) is 6. The van der Waals surface area contributed by atoms with E-state index in [0.717, 1.165) is 20.0 Å². The van der Waals surface area contributed by atoms with Crippen molar-refractivity contribution in [2.45, 2.75) is 12.3 Å². The normalized spacial score (nSPS) is 16.1. The van der Waals surface area contributed by atoms with Crippen LogP contribution in [0.15, 0.2) is 48.5 Å². The van der Waals surface area contributed by atoms with Crippen LogP contribution in [0, 0.1) is 3.57 Å². The highest BCUT2D eigenvalue weighted by molar-refractivity contribution is 14.1. The molecule has 1 aromatic heterocycles. The summed E-state index contributed by atoms with van der Waals surface area (Å²) in [5, 5.41) is 12.3. The van der Waals surface area contributed by atoms with Crippen molar-refractivity contribution >= 4 is 56.6 Å². The summed E-state index contributed by atoms with van der Waals surface area (Å²) in [7, 11) is 1.61. The molecule has 4 rings (SSSR count). The van der Waals surface area contributed by atoms with Crippen LogP contribution in [-0.2, 0) is 4.79 Å². The highest BCUT2D eigenvalue weighted by Gasteiger charge is 2.34. The zero-order chi connectivity index (χ0) is 20.4. The van der Waals surface area contributed by atoms with E-state index in [4.69, 9.17) is 4.74 Å². The van der Waals surface area contributed by atoms with Gasteiger partial charge in [0.1, 0.15) is 10.8 Å². The lowest BCUT2D eigenvalue weighted by Gasteiger charge is -2.16. The minimum Gasteiger partial charge on any atom is -0.497 e. The number of carbonyl (C=O) groups is 2. The second-order valence-corrected chi connectivity index (χ2v) is 8.65. The summed E-state index contributed by atoms with van der Waals surface area (Å²) in [5.41, 5.74) is 1.42. The Morgan fingerprint density at radius 1 is 1.21 bits per heavy atom. The second-order valence-electron chi connectivity index (χ2n) is 6.48. The van der Waals surface area contributed by atoms with Gasteiger partial charge >= 0.3 is 0 Å². The predicted octanol–water partition coefficient (Wildman–Crippen LogP) is 3.92. The summed E-state index contributed by atoms with van der Waals surface area (Å²) in [6, 6.07) is 14.7. The molecule has 0 radical (unpaired) electrons. The van der Waals surface area contributed by atoms with E-state index in [1.807, 2.05) is 42.5 Å². The van der Waals surface area contributed by atoms with E-state index in [-0.39, 0.29) is 17.7 Å². The number of halogens is 1. The molecule has 1 aliphatic heterocycles. The molecule has 0 saturated carbocycles. The van der Waals surface area contributed by atoms with Crippen molar-refractivity contribution in [3.05, 3.63) is 62.7 Å². The number of ether oxygens (including phenoxy) is 1. The molecular weight excluding hydrogens is 503 g/mol. The van der Waals surface area contributed by atoms with E-state index in [9.17, 15) is 9.59 Å². The highest BCUT2D eigenvalue weighted by Crippen LogP contribution is 2.34. The minimum absolute atomic E-state index is 0.0415. The van der Waals surface area contributed by atoms with E-state index in [0.29, 0.717) is 23.7 Å². The minimum atomic E-state index is -0.222. The Kier molecular flexibility index (Phi) is 5.76. The monoisotopic (exact) mass is 520 g/mol. The maximum Gasteiger partial charge on any atom is 0.258 e. The number of carbonyl (C=O) groups excluding carboxylic acids is 2. The first kappa shape index (κ1) is 19.8. The third-order valence-corrected chi connectivity index (χ3v) is 6.58. The Hall–Kier alpha value is -2.53. The fourth-order valence-electron chi connectivity index (χ4n) is 3.14. The molecule has 9 heteroatoms. The number of benzene rings is 2. The van der Waals surface area contributed by atoms with Crippen LogP contribution in [0.3, 0.4) is 0 Å². The van der Waals surface area contributed by atoms with Crippen molar-refractivity contribution < 1.29 is 14.3 Å². The Bertz CT molecular complexity index is 1050. The molecule has 0 spiro atoms. The van der Waals surface area contributed by atoms with Gasteiger partial charge in [0.15, 0.2) is 0 Å². The standard InChI is InChI=1S/C20H17IN4O3S/c1-28-14-8-6-13(7-9-14)25-11-12(10-17(25)26)19-23-24-20(29-19)22-18(27)15-4-2-3-5-16(15)21/h2-9,12H,10-11H2,1H3,(H,22,24,27). The van der Waals surface area contributed by atoms with Gasteiger partial charge in [0.25, 0.3) is 5.91 Å². The van der Waals surface area contributed by atoms with E-state index in [2.05, 4.69) is 38.1 Å². The number of methoxy groups -OCH3 is 1. The average Bonchev–Trinajstić information content (AvgIpc) is 3.35. The molecule has 148 valence electrons. The third kappa shape index (κ3) is 4.25. The fraction of sp³-hybridized carbons (Fsp3) is 0.200. The topological polar surface area (TPSA) is 84.4 Å². The van der Waals surface area contributed by atoms with Crippen molar-refractivity contribution in [3.8, 4) is 5.75 Å². The molecule has 3 aromatic rings. The Balaban J connectivity index is 1.45. The van der Waals surface area contributed by atoms with Gasteiger partial charge in [0.05, 0.1) is 12.7 Å². The molecule has 1 aliphatic rings. The first-order valence-corrected chi connectivity index (χ1v) is 10.8. The smallest absolute Gasteiger partial charge is 0.258 e. The molecule has 29 heavy (non-hydrogen) atoms. The Labute approximate surface area is 185 Å². The third-order valence-electron chi connectivity index (χ3n) is 4.64. The number of rotatable bonds is 5. The molecule has 2 amide bonds. The van der Waals surface area contributed by atoms with Crippen LogP contribution >= 0.6 is 33.9 Å². The number of anilines is 2. The summed E-state index contributed by atoms with van der Waals surface area (Å²) < 4.78 is 6.03. The van der Waals surface area contributed by atoms with Crippen molar-refractivity contribution in [2.24, 2.45) is 0 Å². The number of nitrogens with zero attached hydrogens (tertiary/aromatic N) is 3. The quantitative estimate of drug-likeness (QED) is 0.516. The lowest BCUT2D eigenvalue weighted by Crippen LogP contribution is -2.24. The number of amides is 2. The largest absolute Gasteiger partial charge is 0.497 e. The zero-order valence-corrected chi connectivity index (χ0v) is 18.4. The van der Waals surface area contributed by atoms with Gasteiger partial charge in [-0.1, -0.05) is 23.5 Å². The highest BCUT2D eigenvalue weighted by atomic mass is 127. The van der Waals surface area contributed by atoms with Crippen LogP contribution in [0.1, 0.15) is 27.7 Å². The van der Waals surface area contributed by atoms with Gasteiger partial charge in [0, 0.05) is 28.1 Å². The van der Waals surface area contributed by atoms with Crippen LogP contribution in [0.2, 0.25) is 0 Å². The second kappa shape index (κ2) is 8.46. The van der Waals surface area contributed by atoms with Gasteiger partial charge in [-0.15, -0.1) is 10.2 Å². The summed E-state index contributed by atoms with van der Waals surface area (Å²) >= 11 is 3.43. The molecule has 1 unspecified atom stereocenters. The van der Waals surface area contributed by atoms with Gasteiger partial charge in [-0.25, -0.2) is 0 Å². The number of nitrogens with one attached hydrogen (secondary N) is 1. The molecule has 0 bridgehead atoms. The molecule has 2 heterocycles. The Morgan fingerprint density at radius 3 is 2.69 bits per heavy atom. The molecule has 0 aliphatic carbocycles. The maximum absolute atomic E-state index is 12.5. The van der Waals surface area contributed by atoms with Gasteiger partial charge in [0.2, 0.25) is 11.0 Å². The van der Waals surface area contributed by atoms with Gasteiger partial charge in [-0.05, 0) is 59.0 Å². The van der Waals surface area contributed by atoms with Crippen LogP contribution in [0.25, 0.3) is 0 Å². The first-order chi connectivity index (χ1) is 14.0. The van der Waals surface area contributed by atoms with E-state index >= 15 is 0 Å². The molecular formula is C20H17IN4O3S. The van der Waals surface area contributed by atoms with Crippen LogP contribution in [0.4, 0.5) is 10.8 Å². The predicted molar refractivity (Wildman–Crippen MR) is 120 cm³/mol. The van der Waals surface area contributed by atoms with E-state index in [1.54, 1.807) is 18.1 Å². The van der Waals surface area contributed by atoms with Crippen molar-refractivity contribution in [1.29, 1.82) is 0 Å². The lowest BCUT2D eigenvalue weighted by atomic mass is 10.1. The molecule has 1 atom stereocenters. The molecule has 1 fully saturated rings. The van der Waals surface area contributed by atoms with E-state index < -0.39 is 0 Å². The van der Waals surface area contributed by atoms with E-state index in [1.165, 1.54) is 11.3 Å². The van der Waals surface area contributed by atoms with Gasteiger partial charge < -0.3 is 9.64 Å². The summed E-state index contributed by atoms with van der Waals surface area (Å²) in [6.45, 7) is 0.532. The fourth-order valence-corrected chi connectivity index (χ4v) is 4.61. The zero-order valence-electron chi connectivity index (χ0n) is 15.5.